The molecule has 0 aromatic carbocycles. The Kier molecular flexibility index (Phi) is 15.8. The summed E-state index contributed by atoms with van der Waals surface area (Å²) in [7, 11) is 0. The highest BCUT2D eigenvalue weighted by Gasteiger charge is 2.41. The molecular formula is C23H44O4. The maximum atomic E-state index is 11.9. The number of ketones is 1. The molecule has 0 rings (SSSR count). The summed E-state index contributed by atoms with van der Waals surface area (Å²) in [6.45, 7) is 15.3. The van der Waals surface area contributed by atoms with Gasteiger partial charge in [0.2, 0.25) is 0 Å². The quantitative estimate of drug-likeness (QED) is 0.146. The third-order valence-electron chi connectivity index (χ3n) is 4.88. The Balaban J connectivity index is 4.96. The van der Waals surface area contributed by atoms with Crippen molar-refractivity contribution in [3.8, 4) is 0 Å². The van der Waals surface area contributed by atoms with E-state index in [2.05, 4.69) is 13.5 Å². The maximum Gasteiger partial charge on any atom is 0.285 e. The number of hydrogen-bond acceptors (Lipinski definition) is 4. The number of carbonyl (C=O) groups excluding carboxylic acids is 1. The second kappa shape index (κ2) is 16.3. The van der Waals surface area contributed by atoms with E-state index in [1.54, 1.807) is 6.92 Å². The molecule has 0 bridgehead atoms. The molecule has 0 aromatic heterocycles. The predicted molar refractivity (Wildman–Crippen MR) is 113 cm³/mol. The van der Waals surface area contributed by atoms with Crippen molar-refractivity contribution in [2.75, 3.05) is 19.8 Å². The number of allylic oxidation sites excluding steroid dienone is 1. The normalized spacial score (nSPS) is 12.9. The van der Waals surface area contributed by atoms with Crippen molar-refractivity contribution in [2.45, 2.75) is 105 Å². The lowest BCUT2D eigenvalue weighted by atomic mass is 9.91. The molecule has 0 heterocycles. The van der Waals surface area contributed by atoms with E-state index >= 15 is 0 Å². The van der Waals surface area contributed by atoms with Crippen LogP contribution in [0.3, 0.4) is 0 Å². The molecule has 0 aromatic rings. The number of Topliss-reactive ketones (excluding diaryl/α,β-unsaturated/α-hetero) is 1. The van der Waals surface area contributed by atoms with Crippen molar-refractivity contribution in [1.29, 1.82) is 0 Å². The standard InChI is InChI=1S/C23H44O4/c1-7-11-12-13-14-15-17-21(18-16-19-22(24)20(5)6)23(25-8-2,26-9-3)27-10-4/h21H,5,7-19H2,1-4,6H3. The van der Waals surface area contributed by atoms with Gasteiger partial charge in [0.15, 0.2) is 5.78 Å². The number of hydrogen-bond donors (Lipinski definition) is 0. The van der Waals surface area contributed by atoms with Gasteiger partial charge in [-0.15, -0.1) is 0 Å². The van der Waals surface area contributed by atoms with Gasteiger partial charge in [0.1, 0.15) is 0 Å². The lowest BCUT2D eigenvalue weighted by Crippen LogP contribution is -2.46. The largest absolute Gasteiger partial charge is 0.328 e. The Morgan fingerprint density at radius 2 is 1.30 bits per heavy atom. The van der Waals surface area contributed by atoms with Crippen LogP contribution in [-0.4, -0.2) is 31.6 Å². The second-order valence-corrected chi connectivity index (χ2v) is 7.25. The van der Waals surface area contributed by atoms with Crippen LogP contribution in [0.25, 0.3) is 0 Å². The lowest BCUT2D eigenvalue weighted by molar-refractivity contribution is -0.403. The minimum absolute atomic E-state index is 0.126. The van der Waals surface area contributed by atoms with Crippen LogP contribution >= 0.6 is 0 Å². The Morgan fingerprint density at radius 1 is 0.815 bits per heavy atom. The monoisotopic (exact) mass is 384 g/mol. The number of rotatable bonds is 19. The van der Waals surface area contributed by atoms with Gasteiger partial charge >= 0.3 is 0 Å². The van der Waals surface area contributed by atoms with Crippen LogP contribution in [-0.2, 0) is 19.0 Å². The maximum absolute atomic E-state index is 11.9. The first-order chi connectivity index (χ1) is 13.0. The van der Waals surface area contributed by atoms with E-state index in [9.17, 15) is 4.79 Å². The molecule has 0 N–H and O–H groups in total. The molecule has 1 atom stereocenters. The highest BCUT2D eigenvalue weighted by Crippen LogP contribution is 2.34. The van der Waals surface area contributed by atoms with Gasteiger partial charge in [0, 0.05) is 32.2 Å². The first-order valence-corrected chi connectivity index (χ1v) is 11.1. The highest BCUT2D eigenvalue weighted by atomic mass is 16.9. The van der Waals surface area contributed by atoms with Crippen LogP contribution in [0.2, 0.25) is 0 Å². The molecular weight excluding hydrogens is 340 g/mol. The van der Waals surface area contributed by atoms with Crippen LogP contribution in [0.1, 0.15) is 98.8 Å². The smallest absolute Gasteiger partial charge is 0.285 e. The van der Waals surface area contributed by atoms with E-state index in [0.717, 1.165) is 25.7 Å². The van der Waals surface area contributed by atoms with E-state index in [1.165, 1.54) is 32.1 Å². The van der Waals surface area contributed by atoms with Gasteiger partial charge in [-0.25, -0.2) is 0 Å². The van der Waals surface area contributed by atoms with Gasteiger partial charge in [-0.1, -0.05) is 52.0 Å². The average Bonchev–Trinajstić information content (AvgIpc) is 2.63. The van der Waals surface area contributed by atoms with Crippen molar-refractivity contribution in [3.63, 3.8) is 0 Å². The third-order valence-corrected chi connectivity index (χ3v) is 4.88. The van der Waals surface area contributed by atoms with Crippen molar-refractivity contribution in [2.24, 2.45) is 5.92 Å². The van der Waals surface area contributed by atoms with E-state index in [0.29, 0.717) is 31.8 Å². The fourth-order valence-electron chi connectivity index (χ4n) is 3.47. The van der Waals surface area contributed by atoms with Crippen LogP contribution < -0.4 is 0 Å². The lowest BCUT2D eigenvalue weighted by Gasteiger charge is -2.39. The molecule has 0 amide bonds. The molecule has 27 heavy (non-hydrogen) atoms. The average molecular weight is 385 g/mol. The fourth-order valence-corrected chi connectivity index (χ4v) is 3.47. The van der Waals surface area contributed by atoms with Crippen molar-refractivity contribution >= 4 is 5.78 Å². The number of unbranched alkanes of at least 4 members (excludes halogenated alkanes) is 5. The Labute approximate surface area is 168 Å². The molecule has 0 saturated carbocycles. The summed E-state index contributed by atoms with van der Waals surface area (Å²) in [5, 5.41) is 0. The van der Waals surface area contributed by atoms with Gasteiger partial charge in [-0.2, -0.15) is 0 Å². The first-order valence-electron chi connectivity index (χ1n) is 11.1. The predicted octanol–water partition coefficient (Wildman–Crippen LogP) is 6.43. The van der Waals surface area contributed by atoms with E-state index in [1.807, 2.05) is 20.8 Å². The SMILES string of the molecule is C=C(C)C(=O)CCCC(CCCCCCCC)C(OCC)(OCC)OCC. The van der Waals surface area contributed by atoms with Gasteiger partial charge in [0.05, 0.1) is 0 Å². The van der Waals surface area contributed by atoms with Gasteiger partial charge in [0.25, 0.3) is 5.97 Å². The molecule has 0 spiro atoms. The summed E-state index contributed by atoms with van der Waals surface area (Å²) in [4.78, 5) is 11.9. The van der Waals surface area contributed by atoms with Crippen molar-refractivity contribution < 1.29 is 19.0 Å². The van der Waals surface area contributed by atoms with Gasteiger partial charge < -0.3 is 14.2 Å². The minimum Gasteiger partial charge on any atom is -0.328 e. The summed E-state index contributed by atoms with van der Waals surface area (Å²) >= 11 is 0. The minimum atomic E-state index is -0.992. The van der Waals surface area contributed by atoms with Crippen LogP contribution in [0.15, 0.2) is 12.2 Å². The summed E-state index contributed by atoms with van der Waals surface area (Å²) in [6, 6.07) is 0. The van der Waals surface area contributed by atoms with E-state index in [4.69, 9.17) is 14.2 Å². The van der Waals surface area contributed by atoms with Crippen molar-refractivity contribution in [1.82, 2.24) is 0 Å². The summed E-state index contributed by atoms with van der Waals surface area (Å²) < 4.78 is 18.1. The number of carbonyl (C=O) groups is 1. The Morgan fingerprint density at radius 3 is 1.78 bits per heavy atom. The molecule has 0 aliphatic heterocycles. The van der Waals surface area contributed by atoms with Crippen LogP contribution in [0.4, 0.5) is 0 Å². The molecule has 1 unspecified atom stereocenters. The summed E-state index contributed by atoms with van der Waals surface area (Å²) in [6.07, 6.45) is 10.7. The zero-order valence-corrected chi connectivity index (χ0v) is 18.6. The molecule has 4 nitrogen and oxygen atoms in total. The molecule has 4 heteroatoms. The topological polar surface area (TPSA) is 44.8 Å². The molecule has 0 radical (unpaired) electrons. The Hall–Kier alpha value is -0.710. The molecule has 160 valence electrons. The second-order valence-electron chi connectivity index (χ2n) is 7.25. The number of ether oxygens (including phenoxy) is 3. The van der Waals surface area contributed by atoms with Crippen molar-refractivity contribution in [3.05, 3.63) is 12.2 Å². The van der Waals surface area contributed by atoms with Gasteiger partial charge in [-0.05, 0) is 52.5 Å². The van der Waals surface area contributed by atoms with Crippen LogP contribution in [0, 0.1) is 5.92 Å². The van der Waals surface area contributed by atoms with Crippen LogP contribution in [0.5, 0.6) is 0 Å². The first kappa shape index (κ1) is 26.3. The summed E-state index contributed by atoms with van der Waals surface area (Å²) in [5.41, 5.74) is 0.633. The molecule has 0 fully saturated rings. The molecule has 0 saturated heterocycles. The Bertz CT molecular complexity index is 375. The highest BCUT2D eigenvalue weighted by molar-refractivity contribution is 5.93. The van der Waals surface area contributed by atoms with E-state index in [-0.39, 0.29) is 11.7 Å². The zero-order valence-electron chi connectivity index (χ0n) is 18.6. The van der Waals surface area contributed by atoms with E-state index < -0.39 is 5.97 Å². The fraction of sp³-hybridized carbons (Fsp3) is 0.870. The third kappa shape index (κ3) is 11.0. The van der Waals surface area contributed by atoms with Gasteiger partial charge in [-0.3, -0.25) is 4.79 Å². The summed E-state index contributed by atoms with van der Waals surface area (Å²) in [5.74, 6) is -0.724. The molecule has 0 aliphatic rings. The molecule has 0 aliphatic carbocycles. The zero-order chi connectivity index (χ0) is 20.5.